The lowest BCUT2D eigenvalue weighted by atomic mass is 10.1. The van der Waals surface area contributed by atoms with E-state index in [2.05, 4.69) is 10.6 Å². The number of carbonyl (C=O) groups is 2. The van der Waals surface area contributed by atoms with Crippen molar-refractivity contribution >= 4 is 11.9 Å². The summed E-state index contributed by atoms with van der Waals surface area (Å²) in [5, 5.41) is 5.55. The Hall–Kier alpha value is -2.29. The van der Waals surface area contributed by atoms with Gasteiger partial charge in [0.25, 0.3) is 0 Å². The molecule has 150 valence electrons. The molecule has 0 spiro atoms. The van der Waals surface area contributed by atoms with Crippen LogP contribution in [0.25, 0.3) is 0 Å². The van der Waals surface area contributed by atoms with Crippen LogP contribution < -0.4 is 10.6 Å². The van der Waals surface area contributed by atoms with Crippen LogP contribution in [-0.4, -0.2) is 60.5 Å². The zero-order valence-corrected chi connectivity index (χ0v) is 15.5. The van der Waals surface area contributed by atoms with E-state index < -0.39 is 11.7 Å². The van der Waals surface area contributed by atoms with E-state index in [9.17, 15) is 22.8 Å². The Kier molecular flexibility index (Phi) is 7.06. The summed E-state index contributed by atoms with van der Waals surface area (Å²) in [5.74, 6) is -0.0368. The summed E-state index contributed by atoms with van der Waals surface area (Å²) in [7, 11) is 0. The lowest BCUT2D eigenvalue weighted by molar-refractivity contribution is -0.137. The van der Waals surface area contributed by atoms with E-state index in [4.69, 9.17) is 0 Å². The van der Waals surface area contributed by atoms with Gasteiger partial charge in [0.05, 0.1) is 12.1 Å². The SMILES string of the molecule is CC(C)NC(=O)CN1CCN(C(=O)NCc2ccc(C(F)(F)F)cc2)CC1. The van der Waals surface area contributed by atoms with E-state index >= 15 is 0 Å². The first-order chi connectivity index (χ1) is 12.6. The van der Waals surface area contributed by atoms with Crippen LogP contribution in [0.2, 0.25) is 0 Å². The normalized spacial score (nSPS) is 15.7. The van der Waals surface area contributed by atoms with Crippen LogP contribution in [0.4, 0.5) is 18.0 Å². The molecule has 6 nitrogen and oxygen atoms in total. The summed E-state index contributed by atoms with van der Waals surface area (Å²) >= 11 is 0. The Morgan fingerprint density at radius 2 is 1.67 bits per heavy atom. The van der Waals surface area contributed by atoms with Crippen LogP contribution >= 0.6 is 0 Å². The molecule has 0 radical (unpaired) electrons. The molecular formula is C18H25F3N4O2. The fourth-order valence-corrected chi connectivity index (χ4v) is 2.78. The van der Waals surface area contributed by atoms with Gasteiger partial charge in [-0.1, -0.05) is 12.1 Å². The number of piperazine rings is 1. The molecule has 0 atom stereocenters. The van der Waals surface area contributed by atoms with Crippen molar-refractivity contribution in [2.75, 3.05) is 32.7 Å². The van der Waals surface area contributed by atoms with E-state index in [1.807, 2.05) is 18.7 Å². The van der Waals surface area contributed by atoms with Crippen LogP contribution in [-0.2, 0) is 17.5 Å². The number of alkyl halides is 3. The van der Waals surface area contributed by atoms with Gasteiger partial charge in [0.2, 0.25) is 5.91 Å². The minimum atomic E-state index is -4.37. The molecule has 0 aromatic heterocycles. The zero-order chi connectivity index (χ0) is 20.0. The van der Waals surface area contributed by atoms with Crippen molar-refractivity contribution in [3.05, 3.63) is 35.4 Å². The monoisotopic (exact) mass is 386 g/mol. The molecule has 3 amide bonds. The van der Waals surface area contributed by atoms with E-state index in [0.717, 1.165) is 12.1 Å². The fraction of sp³-hybridized carbons (Fsp3) is 0.556. The van der Waals surface area contributed by atoms with E-state index in [1.165, 1.54) is 12.1 Å². The number of carbonyl (C=O) groups excluding carboxylic acids is 2. The third kappa shape index (κ3) is 6.74. The average Bonchev–Trinajstić information content (AvgIpc) is 2.59. The summed E-state index contributed by atoms with van der Waals surface area (Å²) in [4.78, 5) is 27.6. The molecule has 27 heavy (non-hydrogen) atoms. The van der Waals surface area contributed by atoms with Gasteiger partial charge in [-0.2, -0.15) is 13.2 Å². The van der Waals surface area contributed by atoms with E-state index in [-0.39, 0.29) is 24.5 Å². The maximum Gasteiger partial charge on any atom is 0.416 e. The molecule has 0 bridgehead atoms. The number of nitrogens with one attached hydrogen (secondary N) is 2. The molecule has 0 aliphatic carbocycles. The lowest BCUT2D eigenvalue weighted by Crippen LogP contribution is -2.53. The third-order valence-electron chi connectivity index (χ3n) is 4.20. The molecule has 1 aromatic rings. The second-order valence-corrected chi connectivity index (χ2v) is 6.84. The van der Waals surface area contributed by atoms with Gasteiger partial charge in [0, 0.05) is 38.8 Å². The van der Waals surface area contributed by atoms with E-state index in [1.54, 1.807) is 4.90 Å². The minimum absolute atomic E-state index is 0.0368. The Morgan fingerprint density at radius 1 is 1.07 bits per heavy atom. The van der Waals surface area contributed by atoms with Crippen molar-refractivity contribution in [2.45, 2.75) is 32.6 Å². The molecule has 2 rings (SSSR count). The number of nitrogens with zero attached hydrogens (tertiary/aromatic N) is 2. The molecule has 1 fully saturated rings. The van der Waals surface area contributed by atoms with Crippen molar-refractivity contribution in [3.63, 3.8) is 0 Å². The summed E-state index contributed by atoms with van der Waals surface area (Å²) in [6, 6.07) is 4.55. The number of hydrogen-bond acceptors (Lipinski definition) is 3. The zero-order valence-electron chi connectivity index (χ0n) is 15.5. The number of benzene rings is 1. The molecular weight excluding hydrogens is 361 g/mol. The number of urea groups is 1. The topological polar surface area (TPSA) is 64.7 Å². The first-order valence-corrected chi connectivity index (χ1v) is 8.86. The highest BCUT2D eigenvalue weighted by Gasteiger charge is 2.30. The maximum atomic E-state index is 12.5. The summed E-state index contributed by atoms with van der Waals surface area (Å²) < 4.78 is 37.6. The standard InChI is InChI=1S/C18H25F3N4O2/c1-13(2)23-16(26)12-24-7-9-25(10-8-24)17(27)22-11-14-3-5-15(6-4-14)18(19,20)21/h3-6,13H,7-12H2,1-2H3,(H,22,27)(H,23,26). The molecule has 1 aliphatic rings. The second kappa shape index (κ2) is 9.07. The van der Waals surface area contributed by atoms with Crippen LogP contribution in [0.5, 0.6) is 0 Å². The molecule has 1 heterocycles. The highest BCUT2D eigenvalue weighted by atomic mass is 19.4. The molecule has 9 heteroatoms. The van der Waals surface area contributed by atoms with E-state index in [0.29, 0.717) is 38.3 Å². The average molecular weight is 386 g/mol. The van der Waals surface area contributed by atoms with Gasteiger partial charge in [0.1, 0.15) is 0 Å². The summed E-state index contributed by atoms with van der Waals surface area (Å²) in [6.45, 7) is 6.45. The highest BCUT2D eigenvalue weighted by Crippen LogP contribution is 2.29. The van der Waals surface area contributed by atoms with Gasteiger partial charge in [-0.15, -0.1) is 0 Å². The van der Waals surface area contributed by atoms with Gasteiger partial charge in [-0.25, -0.2) is 4.79 Å². The van der Waals surface area contributed by atoms with Crippen molar-refractivity contribution in [1.82, 2.24) is 20.4 Å². The van der Waals surface area contributed by atoms with Crippen LogP contribution in [0, 0.1) is 0 Å². The molecule has 1 aromatic carbocycles. The second-order valence-electron chi connectivity index (χ2n) is 6.84. The van der Waals surface area contributed by atoms with Crippen molar-refractivity contribution in [2.24, 2.45) is 0 Å². The van der Waals surface area contributed by atoms with Gasteiger partial charge in [-0.05, 0) is 31.5 Å². The molecule has 1 saturated heterocycles. The quantitative estimate of drug-likeness (QED) is 0.814. The number of hydrogen-bond donors (Lipinski definition) is 2. The molecule has 2 N–H and O–H groups in total. The van der Waals surface area contributed by atoms with Crippen LogP contribution in [0.15, 0.2) is 24.3 Å². The van der Waals surface area contributed by atoms with Gasteiger partial charge in [-0.3, -0.25) is 9.69 Å². The smallest absolute Gasteiger partial charge is 0.353 e. The number of halogens is 3. The van der Waals surface area contributed by atoms with Crippen molar-refractivity contribution in [1.29, 1.82) is 0 Å². The Labute approximate surface area is 156 Å². The summed E-state index contributed by atoms with van der Waals surface area (Å²) in [6.07, 6.45) is -4.37. The predicted molar refractivity (Wildman–Crippen MR) is 95.0 cm³/mol. The Balaban J connectivity index is 1.74. The first kappa shape index (κ1) is 21.0. The van der Waals surface area contributed by atoms with Crippen LogP contribution in [0.1, 0.15) is 25.0 Å². The molecule has 1 aliphatic heterocycles. The third-order valence-corrected chi connectivity index (χ3v) is 4.20. The highest BCUT2D eigenvalue weighted by molar-refractivity contribution is 5.78. The van der Waals surface area contributed by atoms with Gasteiger partial charge >= 0.3 is 12.2 Å². The van der Waals surface area contributed by atoms with Gasteiger partial charge < -0.3 is 15.5 Å². The van der Waals surface area contributed by atoms with Gasteiger partial charge in [0.15, 0.2) is 0 Å². The number of amides is 3. The van der Waals surface area contributed by atoms with Crippen molar-refractivity contribution < 1.29 is 22.8 Å². The summed E-state index contributed by atoms with van der Waals surface area (Å²) in [5.41, 5.74) is -0.115. The Morgan fingerprint density at radius 3 is 2.19 bits per heavy atom. The minimum Gasteiger partial charge on any atom is -0.353 e. The number of rotatable bonds is 5. The largest absolute Gasteiger partial charge is 0.416 e. The predicted octanol–water partition coefficient (Wildman–Crippen LogP) is 2.06. The first-order valence-electron chi connectivity index (χ1n) is 8.86. The molecule has 0 saturated carbocycles. The molecule has 0 unspecified atom stereocenters. The maximum absolute atomic E-state index is 12.5. The lowest BCUT2D eigenvalue weighted by Gasteiger charge is -2.34. The van der Waals surface area contributed by atoms with Crippen LogP contribution in [0.3, 0.4) is 0 Å². The van der Waals surface area contributed by atoms with Crippen molar-refractivity contribution in [3.8, 4) is 0 Å². The fourth-order valence-electron chi connectivity index (χ4n) is 2.78. The Bertz CT molecular complexity index is 639.